The van der Waals surface area contributed by atoms with E-state index in [4.69, 9.17) is 13.7 Å². The van der Waals surface area contributed by atoms with Crippen LogP contribution in [0.4, 0.5) is 0 Å². The summed E-state index contributed by atoms with van der Waals surface area (Å²) in [6.45, 7) is 0. The van der Waals surface area contributed by atoms with Gasteiger partial charge in [-0.3, -0.25) is 0 Å². The van der Waals surface area contributed by atoms with E-state index in [1.54, 1.807) is 12.1 Å². The fraction of sp³-hybridized carbons (Fsp3) is 0. The Bertz CT molecular complexity index is 3670. The van der Waals surface area contributed by atoms with Gasteiger partial charge in [-0.15, -0.1) is 0 Å². The predicted octanol–water partition coefficient (Wildman–Crippen LogP) is 12.7. The third-order valence-corrected chi connectivity index (χ3v) is 10.2. The SMILES string of the molecule is [2H]c1c([2H])c([2H])c(-c2nc(-c3ccc(-c4ccc(-n5c6ccccc6c6cc7c8ccccc8n(-c8ccccc8)c7cc65)cc4)cc3)nc(-c3c([2H])c([2H])c([2H])c([2H])c3[2H])n2)c([2H])c1[2H]. The van der Waals surface area contributed by atoms with Crippen LogP contribution in [-0.2, 0) is 0 Å². The Morgan fingerprint density at radius 1 is 0.321 bits per heavy atom. The second kappa shape index (κ2) is 13.0. The van der Waals surface area contributed by atoms with Gasteiger partial charge in [0, 0.05) is 49.6 Å². The van der Waals surface area contributed by atoms with Crippen LogP contribution in [0.3, 0.4) is 0 Å². The van der Waals surface area contributed by atoms with Crippen LogP contribution in [0.1, 0.15) is 13.7 Å². The topological polar surface area (TPSA) is 48.5 Å². The Hall–Kier alpha value is -7.63. The summed E-state index contributed by atoms with van der Waals surface area (Å²) in [6.07, 6.45) is 0. The molecular weight excluding hydrogens is 683 g/mol. The molecule has 0 amide bonds. The fourth-order valence-corrected chi connectivity index (χ4v) is 7.63. The molecule has 0 N–H and O–H groups in total. The van der Waals surface area contributed by atoms with Gasteiger partial charge < -0.3 is 9.13 Å². The molecule has 5 nitrogen and oxygen atoms in total. The van der Waals surface area contributed by atoms with Crippen molar-refractivity contribution in [3.63, 3.8) is 0 Å². The van der Waals surface area contributed by atoms with Gasteiger partial charge in [0.1, 0.15) is 0 Å². The molecule has 262 valence electrons. The van der Waals surface area contributed by atoms with Crippen molar-refractivity contribution in [1.29, 1.82) is 0 Å². The molecule has 0 spiro atoms. The Kier molecular flexibility index (Phi) is 5.41. The first-order valence-electron chi connectivity index (χ1n) is 23.0. The van der Waals surface area contributed by atoms with Crippen LogP contribution in [0.25, 0.3) is 100 Å². The lowest BCUT2D eigenvalue weighted by atomic mass is 10.0. The molecule has 3 heterocycles. The largest absolute Gasteiger partial charge is 0.309 e. The van der Waals surface area contributed by atoms with Crippen molar-refractivity contribution < 1.29 is 13.7 Å². The molecule has 0 bridgehead atoms. The highest BCUT2D eigenvalue weighted by molar-refractivity contribution is 6.19. The van der Waals surface area contributed by atoms with Crippen molar-refractivity contribution in [2.24, 2.45) is 0 Å². The molecule has 11 rings (SSSR count). The zero-order valence-corrected chi connectivity index (χ0v) is 29.5. The first-order chi connectivity index (χ1) is 31.9. The number of nitrogens with zero attached hydrogens (tertiary/aromatic N) is 5. The summed E-state index contributed by atoms with van der Waals surface area (Å²) in [5, 5.41) is 4.66. The predicted molar refractivity (Wildman–Crippen MR) is 230 cm³/mol. The van der Waals surface area contributed by atoms with Crippen molar-refractivity contribution in [2.75, 3.05) is 0 Å². The Labute approximate surface area is 337 Å². The average Bonchev–Trinajstić information content (AvgIpc) is 3.85. The van der Waals surface area contributed by atoms with E-state index in [2.05, 4.69) is 133 Å². The molecule has 0 atom stereocenters. The van der Waals surface area contributed by atoms with E-state index in [1.165, 1.54) is 10.8 Å². The molecule has 0 radical (unpaired) electrons. The van der Waals surface area contributed by atoms with Gasteiger partial charge in [0.15, 0.2) is 17.5 Å². The number of fused-ring (bicyclic) bond motifs is 6. The number of rotatable bonds is 6. The Morgan fingerprint density at radius 3 is 1.25 bits per heavy atom. The van der Waals surface area contributed by atoms with Gasteiger partial charge in [-0.05, 0) is 59.7 Å². The molecule has 5 heteroatoms. The zero-order valence-electron chi connectivity index (χ0n) is 39.5. The van der Waals surface area contributed by atoms with Gasteiger partial charge >= 0.3 is 0 Å². The molecule has 8 aromatic carbocycles. The molecular formula is C51H33N5. The average molecular weight is 726 g/mol. The van der Waals surface area contributed by atoms with Crippen LogP contribution < -0.4 is 0 Å². The molecule has 11 aromatic rings. The number of para-hydroxylation sites is 3. The summed E-state index contributed by atoms with van der Waals surface area (Å²) in [5.74, 6) is -0.626. The molecule has 0 saturated carbocycles. The third-order valence-electron chi connectivity index (χ3n) is 10.2. The van der Waals surface area contributed by atoms with Gasteiger partial charge in [0.2, 0.25) is 0 Å². The molecule has 0 aliphatic heterocycles. The smallest absolute Gasteiger partial charge is 0.164 e. The van der Waals surface area contributed by atoms with Gasteiger partial charge in [-0.25, -0.2) is 15.0 Å². The maximum Gasteiger partial charge on any atom is 0.164 e. The molecule has 0 saturated heterocycles. The standard InChI is InChI=1S/C51H33N5/c1-4-14-36(15-5-1)49-52-50(37-16-6-2-7-17-37)54-51(53-49)38-26-24-34(25-27-38)35-28-30-40(31-29-35)56-46-23-13-11-21-42(46)44-32-43-41-20-10-12-22-45(41)55(47(43)33-48(44)56)39-18-8-3-9-19-39/h1-33H/i1D,2D,4D,5D,6D,7D,14D,15D,16D,17D. The van der Waals surface area contributed by atoms with Crippen LogP contribution >= 0.6 is 0 Å². The number of hydrogen-bond donors (Lipinski definition) is 0. The van der Waals surface area contributed by atoms with E-state index in [0.717, 1.165) is 55.3 Å². The minimum Gasteiger partial charge on any atom is -0.309 e. The monoisotopic (exact) mass is 725 g/mol. The summed E-state index contributed by atoms with van der Waals surface area (Å²) in [6, 6.07) is 41.7. The lowest BCUT2D eigenvalue weighted by Crippen LogP contribution is -2.00. The van der Waals surface area contributed by atoms with Crippen LogP contribution in [0.2, 0.25) is 0 Å². The fourth-order valence-electron chi connectivity index (χ4n) is 7.63. The molecule has 0 aliphatic carbocycles. The number of benzene rings is 8. The normalized spacial score (nSPS) is 14.1. The quantitative estimate of drug-likeness (QED) is 0.171. The first kappa shape index (κ1) is 23.2. The van der Waals surface area contributed by atoms with Gasteiger partial charge in [0.05, 0.1) is 35.8 Å². The van der Waals surface area contributed by atoms with Gasteiger partial charge in [-0.2, -0.15) is 0 Å². The second-order valence-electron chi connectivity index (χ2n) is 13.4. The summed E-state index contributed by atoms with van der Waals surface area (Å²) >= 11 is 0. The highest BCUT2D eigenvalue weighted by Gasteiger charge is 2.19. The van der Waals surface area contributed by atoms with Gasteiger partial charge in [0.25, 0.3) is 0 Å². The van der Waals surface area contributed by atoms with E-state index in [-0.39, 0.29) is 28.6 Å². The first-order valence-corrected chi connectivity index (χ1v) is 18.0. The summed E-state index contributed by atoms with van der Waals surface area (Å²) < 4.78 is 88.4. The third kappa shape index (κ3) is 5.29. The molecule has 3 aromatic heterocycles. The maximum absolute atomic E-state index is 8.63. The van der Waals surface area contributed by atoms with Crippen LogP contribution in [0.15, 0.2) is 200 Å². The minimum absolute atomic E-state index is 0.00213. The van der Waals surface area contributed by atoms with Crippen LogP contribution in [0, 0.1) is 0 Å². The van der Waals surface area contributed by atoms with Gasteiger partial charge in [-0.1, -0.05) is 151 Å². The molecule has 56 heavy (non-hydrogen) atoms. The number of hydrogen-bond acceptors (Lipinski definition) is 3. The minimum atomic E-state index is -0.602. The highest BCUT2D eigenvalue weighted by atomic mass is 15.0. The Balaban J connectivity index is 1.01. The van der Waals surface area contributed by atoms with E-state index in [1.807, 2.05) is 18.2 Å². The van der Waals surface area contributed by atoms with Crippen LogP contribution in [-0.4, -0.2) is 24.1 Å². The summed E-state index contributed by atoms with van der Waals surface area (Å²) in [4.78, 5) is 13.5. The zero-order chi connectivity index (χ0) is 45.7. The van der Waals surface area contributed by atoms with E-state index in [0.29, 0.717) is 5.56 Å². The lowest BCUT2D eigenvalue weighted by Gasteiger charge is -2.11. The molecule has 0 aliphatic rings. The van der Waals surface area contributed by atoms with Crippen molar-refractivity contribution in [1.82, 2.24) is 24.1 Å². The van der Waals surface area contributed by atoms with E-state index in [9.17, 15) is 0 Å². The second-order valence-corrected chi connectivity index (χ2v) is 13.4. The van der Waals surface area contributed by atoms with E-state index < -0.39 is 60.4 Å². The summed E-state index contributed by atoms with van der Waals surface area (Å²) in [5.41, 5.74) is 8.06. The van der Waals surface area contributed by atoms with E-state index >= 15 is 0 Å². The Morgan fingerprint density at radius 2 is 0.732 bits per heavy atom. The van der Waals surface area contributed by atoms with Crippen molar-refractivity contribution >= 4 is 43.6 Å². The van der Waals surface area contributed by atoms with Crippen LogP contribution in [0.5, 0.6) is 0 Å². The summed E-state index contributed by atoms with van der Waals surface area (Å²) in [7, 11) is 0. The molecule has 0 fully saturated rings. The van der Waals surface area contributed by atoms with Crippen molar-refractivity contribution in [3.05, 3.63) is 200 Å². The maximum atomic E-state index is 8.63. The highest BCUT2D eigenvalue weighted by Crippen LogP contribution is 2.40. The van der Waals surface area contributed by atoms with Crippen molar-refractivity contribution in [2.45, 2.75) is 0 Å². The van der Waals surface area contributed by atoms with Crippen molar-refractivity contribution in [3.8, 4) is 56.7 Å². The lowest BCUT2D eigenvalue weighted by molar-refractivity contribution is 1.07. The molecule has 0 unspecified atom stereocenters. The number of aromatic nitrogens is 5.